The van der Waals surface area contributed by atoms with Crippen LogP contribution in [-0.4, -0.2) is 10.3 Å². The van der Waals surface area contributed by atoms with Crippen molar-refractivity contribution in [2.24, 2.45) is 0 Å². The molecule has 0 unspecified atom stereocenters. The van der Waals surface area contributed by atoms with Crippen LogP contribution in [-0.2, 0) is 12.8 Å². The summed E-state index contributed by atoms with van der Waals surface area (Å²) in [5, 5.41) is 13.9. The van der Waals surface area contributed by atoms with Gasteiger partial charge in [0.1, 0.15) is 11.4 Å². The summed E-state index contributed by atoms with van der Waals surface area (Å²) in [5.41, 5.74) is 6.59. The highest BCUT2D eigenvalue weighted by Gasteiger charge is 2.27. The van der Waals surface area contributed by atoms with Crippen LogP contribution in [0.2, 0.25) is 0 Å². The first-order chi connectivity index (χ1) is 10.8. The standard InChI is InChI=1S/C19H17NO2/c1-2-3-12-4-6-13(7-5-12)19-17-11-14-10-15(21)8-9-16(14)18(17)20-22-19/h4-10,21H,2-3,11H2,1H3. The van der Waals surface area contributed by atoms with Crippen LogP contribution in [0.15, 0.2) is 47.0 Å². The van der Waals surface area contributed by atoms with Crippen molar-refractivity contribution >= 4 is 0 Å². The van der Waals surface area contributed by atoms with Gasteiger partial charge >= 0.3 is 0 Å². The average Bonchev–Trinajstić information content (AvgIpc) is 3.07. The van der Waals surface area contributed by atoms with Gasteiger partial charge in [0.05, 0.1) is 0 Å². The molecule has 0 spiro atoms. The lowest BCUT2D eigenvalue weighted by Gasteiger charge is -2.02. The number of hydrogen-bond acceptors (Lipinski definition) is 3. The Morgan fingerprint density at radius 2 is 1.95 bits per heavy atom. The summed E-state index contributed by atoms with van der Waals surface area (Å²) >= 11 is 0. The SMILES string of the molecule is CCCc1ccc(-c2onc3c2Cc2cc(O)ccc2-3)cc1. The van der Waals surface area contributed by atoms with E-state index in [4.69, 9.17) is 4.52 Å². The third kappa shape index (κ3) is 2.01. The monoisotopic (exact) mass is 291 g/mol. The van der Waals surface area contributed by atoms with Gasteiger partial charge in [0.2, 0.25) is 0 Å². The maximum atomic E-state index is 9.64. The molecule has 110 valence electrons. The molecule has 3 aromatic rings. The summed E-state index contributed by atoms with van der Waals surface area (Å²) in [5.74, 6) is 1.14. The summed E-state index contributed by atoms with van der Waals surface area (Å²) in [7, 11) is 0. The Labute approximate surface area is 129 Å². The first kappa shape index (κ1) is 13.1. The first-order valence-corrected chi connectivity index (χ1v) is 7.66. The number of benzene rings is 2. The Balaban J connectivity index is 1.73. The molecule has 2 aromatic carbocycles. The van der Waals surface area contributed by atoms with Crippen LogP contribution in [0.5, 0.6) is 5.75 Å². The molecule has 1 aliphatic carbocycles. The fourth-order valence-corrected chi connectivity index (χ4v) is 3.17. The molecule has 0 radical (unpaired) electrons. The zero-order valence-electron chi connectivity index (χ0n) is 12.5. The molecule has 1 aliphatic rings. The zero-order chi connectivity index (χ0) is 15.1. The summed E-state index contributed by atoms with van der Waals surface area (Å²) in [6, 6.07) is 13.9. The maximum absolute atomic E-state index is 9.64. The third-order valence-electron chi connectivity index (χ3n) is 4.25. The summed E-state index contributed by atoms with van der Waals surface area (Å²) in [4.78, 5) is 0. The van der Waals surface area contributed by atoms with E-state index in [1.54, 1.807) is 6.07 Å². The Hall–Kier alpha value is -2.55. The van der Waals surface area contributed by atoms with E-state index in [1.165, 1.54) is 5.56 Å². The number of aromatic hydroxyl groups is 1. The highest BCUT2D eigenvalue weighted by Crippen LogP contribution is 2.42. The predicted octanol–water partition coefficient (Wildman–Crippen LogP) is 4.57. The molecule has 0 amide bonds. The van der Waals surface area contributed by atoms with Gasteiger partial charge in [0, 0.05) is 23.1 Å². The molecule has 1 aromatic heterocycles. The highest BCUT2D eigenvalue weighted by atomic mass is 16.5. The van der Waals surface area contributed by atoms with E-state index in [0.717, 1.165) is 53.0 Å². The van der Waals surface area contributed by atoms with Crippen LogP contribution in [0, 0.1) is 0 Å². The van der Waals surface area contributed by atoms with Gasteiger partial charge in [0.25, 0.3) is 0 Å². The first-order valence-electron chi connectivity index (χ1n) is 7.66. The second kappa shape index (κ2) is 5.02. The molecule has 0 aliphatic heterocycles. The van der Waals surface area contributed by atoms with E-state index in [0.29, 0.717) is 5.75 Å². The number of aryl methyl sites for hydroxylation is 1. The van der Waals surface area contributed by atoms with E-state index in [1.807, 2.05) is 12.1 Å². The Kier molecular flexibility index (Phi) is 3.00. The number of phenolic OH excluding ortho intramolecular Hbond substituents is 1. The van der Waals surface area contributed by atoms with Gasteiger partial charge in [-0.1, -0.05) is 42.8 Å². The molecule has 1 heterocycles. The quantitative estimate of drug-likeness (QED) is 0.601. The van der Waals surface area contributed by atoms with Crippen LogP contribution in [0.3, 0.4) is 0 Å². The van der Waals surface area contributed by atoms with Gasteiger partial charge in [-0.2, -0.15) is 0 Å². The molecule has 0 saturated carbocycles. The van der Waals surface area contributed by atoms with E-state index < -0.39 is 0 Å². The minimum absolute atomic E-state index is 0.298. The van der Waals surface area contributed by atoms with Gasteiger partial charge in [-0.15, -0.1) is 0 Å². The largest absolute Gasteiger partial charge is 0.508 e. The lowest BCUT2D eigenvalue weighted by Crippen LogP contribution is -1.86. The zero-order valence-corrected chi connectivity index (χ0v) is 12.5. The summed E-state index contributed by atoms with van der Waals surface area (Å²) in [6.07, 6.45) is 3.00. The van der Waals surface area contributed by atoms with E-state index in [-0.39, 0.29) is 0 Å². The molecule has 0 bridgehead atoms. The Morgan fingerprint density at radius 1 is 1.14 bits per heavy atom. The second-order valence-electron chi connectivity index (χ2n) is 5.80. The molecule has 0 fully saturated rings. The number of aromatic nitrogens is 1. The average molecular weight is 291 g/mol. The van der Waals surface area contributed by atoms with Crippen molar-refractivity contribution < 1.29 is 9.63 Å². The number of phenols is 1. The van der Waals surface area contributed by atoms with Crippen molar-refractivity contribution in [1.82, 2.24) is 5.16 Å². The number of nitrogens with zero attached hydrogens (tertiary/aromatic N) is 1. The molecule has 3 heteroatoms. The van der Waals surface area contributed by atoms with Gasteiger partial charge in [-0.25, -0.2) is 0 Å². The number of hydrogen-bond donors (Lipinski definition) is 1. The van der Waals surface area contributed by atoms with E-state index in [2.05, 4.69) is 36.3 Å². The van der Waals surface area contributed by atoms with Crippen LogP contribution in [0.25, 0.3) is 22.6 Å². The van der Waals surface area contributed by atoms with Gasteiger partial charge in [-0.3, -0.25) is 0 Å². The Morgan fingerprint density at radius 3 is 2.73 bits per heavy atom. The molecule has 0 saturated heterocycles. The maximum Gasteiger partial charge on any atom is 0.171 e. The van der Waals surface area contributed by atoms with Crippen LogP contribution in [0.1, 0.15) is 30.0 Å². The predicted molar refractivity (Wildman–Crippen MR) is 85.8 cm³/mol. The smallest absolute Gasteiger partial charge is 0.171 e. The molecular weight excluding hydrogens is 274 g/mol. The summed E-state index contributed by atoms with van der Waals surface area (Å²) in [6.45, 7) is 2.18. The van der Waals surface area contributed by atoms with Crippen molar-refractivity contribution in [3.8, 4) is 28.3 Å². The minimum atomic E-state index is 0.298. The third-order valence-corrected chi connectivity index (χ3v) is 4.25. The fraction of sp³-hybridized carbons (Fsp3) is 0.211. The van der Waals surface area contributed by atoms with Crippen molar-refractivity contribution in [2.75, 3.05) is 0 Å². The Bertz CT molecular complexity index is 831. The number of fused-ring (bicyclic) bond motifs is 3. The van der Waals surface area contributed by atoms with Crippen molar-refractivity contribution in [2.45, 2.75) is 26.2 Å². The topological polar surface area (TPSA) is 46.3 Å². The molecule has 1 N–H and O–H groups in total. The molecule has 0 atom stereocenters. The molecule has 22 heavy (non-hydrogen) atoms. The van der Waals surface area contributed by atoms with E-state index in [9.17, 15) is 5.11 Å². The van der Waals surface area contributed by atoms with Crippen LogP contribution >= 0.6 is 0 Å². The van der Waals surface area contributed by atoms with Gasteiger partial charge < -0.3 is 9.63 Å². The van der Waals surface area contributed by atoms with Crippen molar-refractivity contribution in [3.63, 3.8) is 0 Å². The minimum Gasteiger partial charge on any atom is -0.508 e. The van der Waals surface area contributed by atoms with Gasteiger partial charge in [-0.05, 0) is 35.7 Å². The number of rotatable bonds is 3. The van der Waals surface area contributed by atoms with Crippen LogP contribution in [0.4, 0.5) is 0 Å². The lowest BCUT2D eigenvalue weighted by molar-refractivity contribution is 0.433. The molecule has 3 nitrogen and oxygen atoms in total. The van der Waals surface area contributed by atoms with Crippen LogP contribution < -0.4 is 0 Å². The van der Waals surface area contributed by atoms with Crippen molar-refractivity contribution in [3.05, 3.63) is 59.2 Å². The molecular formula is C19H17NO2. The van der Waals surface area contributed by atoms with E-state index >= 15 is 0 Å². The molecule has 4 rings (SSSR count). The summed E-state index contributed by atoms with van der Waals surface area (Å²) < 4.78 is 5.60. The highest BCUT2D eigenvalue weighted by molar-refractivity contribution is 5.80. The fourth-order valence-electron chi connectivity index (χ4n) is 3.17. The second-order valence-corrected chi connectivity index (χ2v) is 5.80. The normalized spacial score (nSPS) is 12.2. The van der Waals surface area contributed by atoms with Crippen molar-refractivity contribution in [1.29, 1.82) is 0 Å². The lowest BCUT2D eigenvalue weighted by atomic mass is 10.0. The van der Waals surface area contributed by atoms with Gasteiger partial charge in [0.15, 0.2) is 5.76 Å².